The van der Waals surface area contributed by atoms with Crippen LogP contribution in [0.3, 0.4) is 0 Å². The zero-order chi connectivity index (χ0) is 36.7. The summed E-state index contributed by atoms with van der Waals surface area (Å²) in [6, 6.07) is 8.65. The van der Waals surface area contributed by atoms with E-state index < -0.39 is 47.9 Å². The van der Waals surface area contributed by atoms with Gasteiger partial charge in [0.1, 0.15) is 23.9 Å². The maximum absolute atomic E-state index is 13.2. The first kappa shape index (κ1) is 40.0. The van der Waals surface area contributed by atoms with Gasteiger partial charge in [0.05, 0.1) is 6.42 Å². The summed E-state index contributed by atoms with van der Waals surface area (Å²) in [5, 5.41) is 41.6. The van der Waals surface area contributed by atoms with E-state index >= 15 is 0 Å². The Kier molecular flexibility index (Phi) is 15.5. The summed E-state index contributed by atoms with van der Waals surface area (Å²) < 4.78 is 0. The van der Waals surface area contributed by atoms with E-state index in [-0.39, 0.29) is 61.5 Å². The Morgan fingerprint density at radius 1 is 0.673 bits per heavy atom. The molecule has 2 aromatic carbocycles. The molecule has 3 atom stereocenters. The molecule has 8 N–H and O–H groups in total. The number of unbranched alkanes of at least 4 members (excludes halogenated alkanes) is 1. The lowest BCUT2D eigenvalue weighted by Gasteiger charge is -2.23. The van der Waals surface area contributed by atoms with Crippen LogP contribution in [0.25, 0.3) is 0 Å². The van der Waals surface area contributed by atoms with Crippen molar-refractivity contribution in [1.82, 2.24) is 16.0 Å². The molecule has 5 amide bonds. The van der Waals surface area contributed by atoms with Gasteiger partial charge in [0.25, 0.3) is 0 Å². The van der Waals surface area contributed by atoms with Crippen LogP contribution in [0.5, 0.6) is 5.75 Å². The number of amides is 5. The molecule has 0 radical (unpaired) electrons. The van der Waals surface area contributed by atoms with Gasteiger partial charge in [-0.25, -0.2) is 14.4 Å². The number of carboxylic acid groups (broad SMARTS) is 2. The van der Waals surface area contributed by atoms with Gasteiger partial charge in [-0.3, -0.25) is 14.4 Å². The highest BCUT2D eigenvalue weighted by atomic mass is 16.4. The van der Waals surface area contributed by atoms with E-state index in [1.807, 2.05) is 34.6 Å². The largest absolute Gasteiger partial charge is 0.508 e. The van der Waals surface area contributed by atoms with Gasteiger partial charge in [0.15, 0.2) is 0 Å². The molecule has 0 saturated carbocycles. The van der Waals surface area contributed by atoms with Gasteiger partial charge in [-0.2, -0.15) is 0 Å². The van der Waals surface area contributed by atoms with Gasteiger partial charge < -0.3 is 41.9 Å². The fourth-order valence-electron chi connectivity index (χ4n) is 4.89. The zero-order valence-electron chi connectivity index (χ0n) is 28.7. The number of nitrogens with one attached hydrogen (secondary N) is 5. The molecule has 3 unspecified atom stereocenters. The minimum atomic E-state index is -1.26. The second kappa shape index (κ2) is 19.0. The van der Waals surface area contributed by atoms with Crippen LogP contribution in [0, 0.1) is 11.3 Å². The molecular formula is C35H49N5O9. The molecule has 49 heavy (non-hydrogen) atoms. The van der Waals surface area contributed by atoms with Gasteiger partial charge >= 0.3 is 18.0 Å². The van der Waals surface area contributed by atoms with Crippen LogP contribution in [-0.2, 0) is 30.4 Å². The number of rotatable bonds is 18. The summed E-state index contributed by atoms with van der Waals surface area (Å²) in [6.45, 7) is 9.33. The van der Waals surface area contributed by atoms with E-state index in [2.05, 4.69) is 26.6 Å². The molecular weight excluding hydrogens is 634 g/mol. The molecule has 0 aliphatic heterocycles. The maximum atomic E-state index is 13.2. The maximum Gasteiger partial charge on any atom is 0.326 e. The quantitative estimate of drug-likeness (QED) is 0.0830. The molecule has 14 nitrogen and oxygen atoms in total. The Labute approximate surface area is 286 Å². The van der Waals surface area contributed by atoms with Crippen molar-refractivity contribution in [2.24, 2.45) is 11.3 Å². The Morgan fingerprint density at radius 3 is 1.61 bits per heavy atom. The molecule has 2 aromatic rings. The van der Waals surface area contributed by atoms with Crippen LogP contribution < -0.4 is 26.6 Å². The van der Waals surface area contributed by atoms with Crippen molar-refractivity contribution in [3.63, 3.8) is 0 Å². The van der Waals surface area contributed by atoms with Crippen molar-refractivity contribution in [2.75, 3.05) is 10.6 Å². The highest BCUT2D eigenvalue weighted by Crippen LogP contribution is 2.19. The lowest BCUT2D eigenvalue weighted by Crippen LogP contribution is -2.52. The standard InChI is InChI=1S/C35H49N5O9/c1-21(2)18-28(31(44)40-27(33(47)48)9-7-6-8-26(32(45)46)38-30(43)20-35(3,4)5)39-29(42)19-22-10-12-23(13-11-22)36-34(49)37-24-14-16-25(41)17-15-24/h10-17,21,26-28,41H,6-9,18-20H2,1-5H3,(H,38,43)(H,39,42)(H,40,44)(H,45,46)(H,47,48)(H2,36,37,49). The second-order valence-electron chi connectivity index (χ2n) is 13.6. The lowest BCUT2D eigenvalue weighted by molar-refractivity contribution is -0.143. The number of carboxylic acids is 2. The van der Waals surface area contributed by atoms with Gasteiger partial charge in [0, 0.05) is 17.8 Å². The number of carbonyl (C=O) groups is 6. The van der Waals surface area contributed by atoms with Crippen molar-refractivity contribution < 1.29 is 44.1 Å². The molecule has 2 rings (SSSR count). The summed E-state index contributed by atoms with van der Waals surface area (Å²) in [5.74, 6) is -3.85. The lowest BCUT2D eigenvalue weighted by atomic mass is 9.91. The van der Waals surface area contributed by atoms with Gasteiger partial charge in [-0.05, 0) is 72.6 Å². The Hall–Kier alpha value is -5.14. The number of hydrogen-bond acceptors (Lipinski definition) is 7. The van der Waals surface area contributed by atoms with Gasteiger partial charge in [-0.1, -0.05) is 59.6 Å². The fourth-order valence-corrected chi connectivity index (χ4v) is 4.89. The monoisotopic (exact) mass is 683 g/mol. The summed E-state index contributed by atoms with van der Waals surface area (Å²) in [4.78, 5) is 74.2. The van der Waals surface area contributed by atoms with Crippen molar-refractivity contribution in [3.05, 3.63) is 54.1 Å². The Morgan fingerprint density at radius 2 is 1.14 bits per heavy atom. The van der Waals surface area contributed by atoms with Crippen molar-refractivity contribution in [2.45, 2.75) is 97.7 Å². The van der Waals surface area contributed by atoms with Crippen LogP contribution >= 0.6 is 0 Å². The summed E-state index contributed by atoms with van der Waals surface area (Å²) in [6.07, 6.45) is 1.06. The zero-order valence-corrected chi connectivity index (χ0v) is 28.7. The number of carbonyl (C=O) groups excluding carboxylic acids is 4. The molecule has 0 aliphatic rings. The first-order valence-corrected chi connectivity index (χ1v) is 16.2. The molecule has 14 heteroatoms. The normalized spacial score (nSPS) is 13.0. The summed E-state index contributed by atoms with van der Waals surface area (Å²) >= 11 is 0. The van der Waals surface area contributed by atoms with E-state index in [1.54, 1.807) is 36.4 Å². The number of phenolic OH excluding ortho intramolecular Hbond substituents is 1. The van der Waals surface area contributed by atoms with E-state index in [0.717, 1.165) is 0 Å². The topological polar surface area (TPSA) is 223 Å². The molecule has 0 aliphatic carbocycles. The van der Waals surface area contributed by atoms with Crippen LogP contribution in [0.4, 0.5) is 16.2 Å². The number of anilines is 2. The van der Waals surface area contributed by atoms with Gasteiger partial charge in [-0.15, -0.1) is 0 Å². The smallest absolute Gasteiger partial charge is 0.326 e. The Bertz CT molecular complexity index is 1440. The van der Waals surface area contributed by atoms with Crippen molar-refractivity contribution >= 4 is 47.1 Å². The molecule has 0 fully saturated rings. The number of urea groups is 1. The molecule has 0 bridgehead atoms. The van der Waals surface area contributed by atoms with E-state index in [0.29, 0.717) is 23.4 Å². The predicted molar refractivity (Wildman–Crippen MR) is 184 cm³/mol. The molecule has 0 saturated heterocycles. The van der Waals surface area contributed by atoms with Crippen molar-refractivity contribution in [1.29, 1.82) is 0 Å². The van der Waals surface area contributed by atoms with Crippen LogP contribution in [0.15, 0.2) is 48.5 Å². The summed E-state index contributed by atoms with van der Waals surface area (Å²) in [5.41, 5.74) is 1.26. The van der Waals surface area contributed by atoms with Crippen molar-refractivity contribution in [3.8, 4) is 5.75 Å². The highest BCUT2D eigenvalue weighted by Gasteiger charge is 2.28. The fraction of sp³-hybridized carbons (Fsp3) is 0.486. The highest BCUT2D eigenvalue weighted by molar-refractivity contribution is 5.99. The number of hydrogen-bond donors (Lipinski definition) is 8. The minimum Gasteiger partial charge on any atom is -0.508 e. The SMILES string of the molecule is CC(C)CC(NC(=O)Cc1ccc(NC(=O)Nc2ccc(O)cc2)cc1)C(=O)NC(CCCCC(NC(=O)CC(C)(C)C)C(=O)O)C(=O)O. The average Bonchev–Trinajstić information content (AvgIpc) is 2.98. The second-order valence-corrected chi connectivity index (χ2v) is 13.6. The first-order valence-electron chi connectivity index (χ1n) is 16.2. The van der Waals surface area contributed by atoms with Crippen LogP contribution in [0.1, 0.15) is 78.7 Å². The first-order chi connectivity index (χ1) is 22.9. The Balaban J connectivity index is 1.91. The van der Waals surface area contributed by atoms with Gasteiger partial charge in [0.2, 0.25) is 17.7 Å². The third-order valence-electron chi connectivity index (χ3n) is 7.23. The number of benzene rings is 2. The molecule has 0 aromatic heterocycles. The third kappa shape index (κ3) is 16.0. The molecule has 268 valence electrons. The van der Waals surface area contributed by atoms with E-state index in [4.69, 9.17) is 0 Å². The summed E-state index contributed by atoms with van der Waals surface area (Å²) in [7, 11) is 0. The van der Waals surface area contributed by atoms with E-state index in [1.165, 1.54) is 12.1 Å². The van der Waals surface area contributed by atoms with Crippen LogP contribution in [0.2, 0.25) is 0 Å². The van der Waals surface area contributed by atoms with E-state index in [9.17, 15) is 44.1 Å². The minimum absolute atomic E-state index is 0.00106. The number of phenols is 1. The van der Waals surface area contributed by atoms with Crippen LogP contribution in [-0.4, -0.2) is 69.1 Å². The molecule has 0 spiro atoms. The predicted octanol–water partition coefficient (Wildman–Crippen LogP) is 4.25. The average molecular weight is 684 g/mol. The number of aromatic hydroxyl groups is 1. The number of aliphatic carboxylic acids is 2. The third-order valence-corrected chi connectivity index (χ3v) is 7.23. The molecule has 0 heterocycles.